The van der Waals surface area contributed by atoms with Crippen LogP contribution in [0.5, 0.6) is 0 Å². The Hall–Kier alpha value is -1.22. The average Bonchev–Trinajstić information content (AvgIpc) is 2.27. The molecule has 0 aliphatic rings. The molecule has 1 unspecified atom stereocenters. The summed E-state index contributed by atoms with van der Waals surface area (Å²) in [4.78, 5) is 10.1. The molecule has 1 atom stereocenters. The average molecular weight is 324 g/mol. The Bertz CT molecular complexity index is 575. The van der Waals surface area contributed by atoms with Gasteiger partial charge in [-0.3, -0.25) is 10.1 Å². The van der Waals surface area contributed by atoms with Gasteiger partial charge in [-0.05, 0) is 26.3 Å². The van der Waals surface area contributed by atoms with E-state index in [0.29, 0.717) is 6.42 Å². The number of hydrogen-bond donors (Lipinski definition) is 2. The molecule has 0 heterocycles. The lowest BCUT2D eigenvalue weighted by Crippen LogP contribution is -2.29. The molecule has 0 fully saturated rings. The fourth-order valence-corrected chi connectivity index (χ4v) is 2.90. The van der Waals surface area contributed by atoms with E-state index in [1.54, 1.807) is 6.92 Å². The molecule has 1 aromatic carbocycles. The zero-order valence-electron chi connectivity index (χ0n) is 11.2. The molecular formula is C11H18ClN3O4S. The van der Waals surface area contributed by atoms with E-state index in [9.17, 15) is 18.5 Å². The van der Waals surface area contributed by atoms with Crippen LogP contribution in [0.3, 0.4) is 0 Å². The maximum absolute atomic E-state index is 12.0. The van der Waals surface area contributed by atoms with Gasteiger partial charge in [0.1, 0.15) is 0 Å². The van der Waals surface area contributed by atoms with E-state index in [2.05, 4.69) is 4.72 Å². The Morgan fingerprint density at radius 2 is 2.05 bits per heavy atom. The molecule has 3 N–H and O–H groups in total. The highest BCUT2D eigenvalue weighted by atomic mass is 35.5. The van der Waals surface area contributed by atoms with Gasteiger partial charge in [-0.25, -0.2) is 13.1 Å². The van der Waals surface area contributed by atoms with Crippen molar-refractivity contribution in [1.29, 1.82) is 0 Å². The van der Waals surface area contributed by atoms with Crippen molar-refractivity contribution in [2.24, 2.45) is 5.73 Å². The first kappa shape index (κ1) is 18.8. The molecular weight excluding hydrogens is 306 g/mol. The van der Waals surface area contributed by atoms with E-state index >= 15 is 0 Å². The Kier molecular flexibility index (Phi) is 7.07. The number of nitrogens with one attached hydrogen (secondary N) is 1. The van der Waals surface area contributed by atoms with E-state index < -0.39 is 14.9 Å². The SMILES string of the molecule is Cc1c([N+](=O)[O-])cccc1S(=O)(=O)NCCC(C)N.Cl. The third-order valence-electron chi connectivity index (χ3n) is 2.63. The monoisotopic (exact) mass is 323 g/mol. The van der Waals surface area contributed by atoms with Gasteiger partial charge in [0.2, 0.25) is 10.0 Å². The Morgan fingerprint density at radius 3 is 2.55 bits per heavy atom. The van der Waals surface area contributed by atoms with Crippen LogP contribution < -0.4 is 10.5 Å². The van der Waals surface area contributed by atoms with Crippen molar-refractivity contribution in [3.63, 3.8) is 0 Å². The van der Waals surface area contributed by atoms with Gasteiger partial charge in [0, 0.05) is 24.2 Å². The van der Waals surface area contributed by atoms with Crippen molar-refractivity contribution in [2.75, 3.05) is 6.54 Å². The molecule has 0 aliphatic heterocycles. The normalized spacial score (nSPS) is 12.6. The van der Waals surface area contributed by atoms with Gasteiger partial charge < -0.3 is 5.73 Å². The van der Waals surface area contributed by atoms with Crippen molar-refractivity contribution >= 4 is 28.1 Å². The van der Waals surface area contributed by atoms with Crippen molar-refractivity contribution in [1.82, 2.24) is 4.72 Å². The number of sulfonamides is 1. The summed E-state index contributed by atoms with van der Waals surface area (Å²) in [6, 6.07) is 3.85. The summed E-state index contributed by atoms with van der Waals surface area (Å²) >= 11 is 0. The fraction of sp³-hybridized carbons (Fsp3) is 0.455. The molecule has 0 aliphatic carbocycles. The lowest BCUT2D eigenvalue weighted by molar-refractivity contribution is -0.385. The highest BCUT2D eigenvalue weighted by molar-refractivity contribution is 7.89. The third-order valence-corrected chi connectivity index (χ3v) is 4.24. The van der Waals surface area contributed by atoms with Gasteiger partial charge in [-0.1, -0.05) is 6.07 Å². The molecule has 0 bridgehead atoms. The number of nitrogens with zero attached hydrogens (tertiary/aromatic N) is 1. The second kappa shape index (κ2) is 7.53. The second-order valence-electron chi connectivity index (χ2n) is 4.32. The maximum Gasteiger partial charge on any atom is 0.273 e. The summed E-state index contributed by atoms with van der Waals surface area (Å²) in [5.74, 6) is 0. The molecule has 0 radical (unpaired) electrons. The van der Waals surface area contributed by atoms with Crippen molar-refractivity contribution in [3.8, 4) is 0 Å². The molecule has 9 heteroatoms. The van der Waals surface area contributed by atoms with Crippen molar-refractivity contribution < 1.29 is 13.3 Å². The van der Waals surface area contributed by atoms with E-state index in [1.807, 2.05) is 0 Å². The van der Waals surface area contributed by atoms with Crippen LogP contribution in [0.15, 0.2) is 23.1 Å². The Morgan fingerprint density at radius 1 is 1.45 bits per heavy atom. The summed E-state index contributed by atoms with van der Waals surface area (Å²) in [6.45, 7) is 3.38. The summed E-state index contributed by atoms with van der Waals surface area (Å²) in [7, 11) is -3.75. The first-order valence-electron chi connectivity index (χ1n) is 5.75. The zero-order valence-corrected chi connectivity index (χ0v) is 12.8. The Labute approximate surface area is 124 Å². The first-order valence-corrected chi connectivity index (χ1v) is 7.23. The number of nitro groups is 1. The number of nitro benzene ring substituents is 1. The highest BCUT2D eigenvalue weighted by Crippen LogP contribution is 2.24. The second-order valence-corrected chi connectivity index (χ2v) is 6.06. The summed E-state index contributed by atoms with van der Waals surface area (Å²) in [5.41, 5.74) is 5.44. The van der Waals surface area contributed by atoms with Gasteiger partial charge in [-0.2, -0.15) is 0 Å². The molecule has 1 aromatic rings. The van der Waals surface area contributed by atoms with Crippen molar-refractivity contribution in [3.05, 3.63) is 33.9 Å². The fourth-order valence-electron chi connectivity index (χ4n) is 1.59. The predicted molar refractivity (Wildman–Crippen MR) is 78.5 cm³/mol. The quantitative estimate of drug-likeness (QED) is 0.605. The molecule has 0 amide bonds. The van der Waals surface area contributed by atoms with E-state index in [-0.39, 0.29) is 41.1 Å². The minimum atomic E-state index is -3.75. The number of hydrogen-bond acceptors (Lipinski definition) is 5. The van der Waals surface area contributed by atoms with Gasteiger partial charge in [0.05, 0.1) is 9.82 Å². The van der Waals surface area contributed by atoms with Crippen LogP contribution in [-0.4, -0.2) is 25.9 Å². The van der Waals surface area contributed by atoms with Gasteiger partial charge >= 0.3 is 0 Å². The van der Waals surface area contributed by atoms with Gasteiger partial charge in [-0.15, -0.1) is 12.4 Å². The first-order chi connectivity index (χ1) is 8.75. The highest BCUT2D eigenvalue weighted by Gasteiger charge is 2.22. The van der Waals surface area contributed by atoms with Crippen LogP contribution in [0.1, 0.15) is 18.9 Å². The molecule has 0 aromatic heterocycles. The molecule has 0 spiro atoms. The topological polar surface area (TPSA) is 115 Å². The minimum Gasteiger partial charge on any atom is -0.328 e. The largest absolute Gasteiger partial charge is 0.328 e. The van der Waals surface area contributed by atoms with Crippen molar-refractivity contribution in [2.45, 2.75) is 31.2 Å². The van der Waals surface area contributed by atoms with Gasteiger partial charge in [0.15, 0.2) is 0 Å². The van der Waals surface area contributed by atoms with Crippen LogP contribution in [0.25, 0.3) is 0 Å². The lowest BCUT2D eigenvalue weighted by atomic mass is 10.2. The standard InChI is InChI=1S/C11H17N3O4S.ClH/c1-8(12)6-7-13-19(17,18)11-5-3-4-10(9(11)2)14(15)16;/h3-5,8,13H,6-7,12H2,1-2H3;1H. The molecule has 20 heavy (non-hydrogen) atoms. The van der Waals surface area contributed by atoms with E-state index in [1.165, 1.54) is 25.1 Å². The molecule has 0 saturated heterocycles. The molecule has 1 rings (SSSR count). The summed E-state index contributed by atoms with van der Waals surface area (Å²) in [5, 5.41) is 10.8. The molecule has 7 nitrogen and oxygen atoms in total. The van der Waals surface area contributed by atoms with Crippen LogP contribution in [0.4, 0.5) is 5.69 Å². The molecule has 114 valence electrons. The van der Waals surface area contributed by atoms with Gasteiger partial charge in [0.25, 0.3) is 5.69 Å². The minimum absolute atomic E-state index is 0. The lowest BCUT2D eigenvalue weighted by Gasteiger charge is -2.10. The smallest absolute Gasteiger partial charge is 0.273 e. The number of rotatable bonds is 6. The number of nitrogens with two attached hydrogens (primary N) is 1. The van der Waals surface area contributed by atoms with E-state index in [0.717, 1.165) is 0 Å². The number of benzene rings is 1. The number of halogens is 1. The zero-order chi connectivity index (χ0) is 14.6. The predicted octanol–water partition coefficient (Wildman–Crippen LogP) is 1.34. The Balaban J connectivity index is 0.00000361. The molecule has 0 saturated carbocycles. The summed E-state index contributed by atoms with van der Waals surface area (Å²) in [6.07, 6.45) is 0.493. The van der Waals surface area contributed by atoms with E-state index in [4.69, 9.17) is 5.73 Å². The van der Waals surface area contributed by atoms with Crippen LogP contribution >= 0.6 is 12.4 Å². The van der Waals surface area contributed by atoms with Crippen LogP contribution in [-0.2, 0) is 10.0 Å². The third kappa shape index (κ3) is 4.71. The maximum atomic E-state index is 12.0. The van der Waals surface area contributed by atoms with Crippen LogP contribution in [0, 0.1) is 17.0 Å². The van der Waals surface area contributed by atoms with Crippen LogP contribution in [0.2, 0.25) is 0 Å². The summed E-state index contributed by atoms with van der Waals surface area (Å²) < 4.78 is 26.5.